The van der Waals surface area contributed by atoms with E-state index in [0.29, 0.717) is 0 Å². The van der Waals surface area contributed by atoms with Crippen molar-refractivity contribution in [3.05, 3.63) is 28.9 Å². The van der Waals surface area contributed by atoms with E-state index in [0.717, 1.165) is 15.4 Å². The van der Waals surface area contributed by atoms with Crippen molar-refractivity contribution in [1.29, 1.82) is 0 Å². The number of carbonyl (C=O) groups is 2. The zero-order chi connectivity index (χ0) is 13.8. The molecule has 100 valence electrons. The maximum atomic E-state index is 11.7. The number of halogens is 1. The standard InChI is InChI=1S/C12H12BrN3O3/c1-19-12(18)6-14-11(17)7-16-10-4-9(13)3-2-8(10)5-15-16/h2-5H,6-7H2,1H3,(H,14,17). The summed E-state index contributed by atoms with van der Waals surface area (Å²) in [6.07, 6.45) is 1.69. The first-order valence-corrected chi connectivity index (χ1v) is 6.34. The van der Waals surface area contributed by atoms with Crippen LogP contribution >= 0.6 is 15.9 Å². The first kappa shape index (κ1) is 13.5. The molecule has 0 bridgehead atoms. The molecular weight excluding hydrogens is 314 g/mol. The smallest absolute Gasteiger partial charge is 0.325 e. The molecular formula is C12H12BrN3O3. The third-order valence-corrected chi connectivity index (χ3v) is 3.05. The number of esters is 1. The van der Waals surface area contributed by atoms with E-state index < -0.39 is 5.97 Å². The van der Waals surface area contributed by atoms with E-state index >= 15 is 0 Å². The van der Waals surface area contributed by atoms with Crippen molar-refractivity contribution in [1.82, 2.24) is 15.1 Å². The monoisotopic (exact) mass is 325 g/mol. The summed E-state index contributed by atoms with van der Waals surface area (Å²) in [5.74, 6) is -0.781. The molecule has 1 amide bonds. The SMILES string of the molecule is COC(=O)CNC(=O)Cn1ncc2ccc(Br)cc21. The van der Waals surface area contributed by atoms with Gasteiger partial charge >= 0.3 is 5.97 Å². The fraction of sp³-hybridized carbons (Fsp3) is 0.250. The van der Waals surface area contributed by atoms with Crippen molar-refractivity contribution >= 4 is 38.7 Å². The lowest BCUT2D eigenvalue weighted by molar-refractivity contribution is -0.141. The molecule has 2 rings (SSSR count). The van der Waals surface area contributed by atoms with E-state index in [9.17, 15) is 9.59 Å². The number of rotatable bonds is 4. The maximum absolute atomic E-state index is 11.7. The van der Waals surface area contributed by atoms with Gasteiger partial charge in [-0.1, -0.05) is 22.0 Å². The van der Waals surface area contributed by atoms with Crippen molar-refractivity contribution in [3.63, 3.8) is 0 Å². The molecule has 0 saturated carbocycles. The summed E-state index contributed by atoms with van der Waals surface area (Å²) in [4.78, 5) is 22.6. The third-order valence-electron chi connectivity index (χ3n) is 2.56. The molecule has 0 spiro atoms. The van der Waals surface area contributed by atoms with Crippen LogP contribution < -0.4 is 5.32 Å². The van der Waals surface area contributed by atoms with Gasteiger partial charge in [0.05, 0.1) is 18.8 Å². The highest BCUT2D eigenvalue weighted by molar-refractivity contribution is 9.10. The molecule has 0 radical (unpaired) electrons. The minimum Gasteiger partial charge on any atom is -0.468 e. The second kappa shape index (κ2) is 5.83. The lowest BCUT2D eigenvalue weighted by atomic mass is 10.2. The summed E-state index contributed by atoms with van der Waals surface area (Å²) < 4.78 is 6.93. The molecule has 1 aromatic carbocycles. The summed E-state index contributed by atoms with van der Waals surface area (Å²) in [5.41, 5.74) is 0.850. The Bertz CT molecular complexity index is 624. The molecule has 0 aliphatic heterocycles. The molecule has 6 nitrogen and oxygen atoms in total. The maximum Gasteiger partial charge on any atom is 0.325 e. The number of hydrogen-bond donors (Lipinski definition) is 1. The summed E-state index contributed by atoms with van der Waals surface area (Å²) in [6.45, 7) is -0.0881. The predicted octanol–water partition coefficient (Wildman–Crippen LogP) is 1.09. The van der Waals surface area contributed by atoms with Crippen LogP contribution in [0.4, 0.5) is 0 Å². The van der Waals surface area contributed by atoms with Gasteiger partial charge in [0, 0.05) is 9.86 Å². The van der Waals surface area contributed by atoms with Gasteiger partial charge < -0.3 is 10.1 Å². The van der Waals surface area contributed by atoms with Crippen molar-refractivity contribution in [2.24, 2.45) is 0 Å². The highest BCUT2D eigenvalue weighted by Crippen LogP contribution is 2.19. The molecule has 1 heterocycles. The topological polar surface area (TPSA) is 73.2 Å². The zero-order valence-corrected chi connectivity index (χ0v) is 11.8. The number of aromatic nitrogens is 2. The number of fused-ring (bicyclic) bond motifs is 1. The first-order valence-electron chi connectivity index (χ1n) is 5.55. The Morgan fingerprint density at radius 1 is 1.47 bits per heavy atom. The van der Waals surface area contributed by atoms with Crippen molar-refractivity contribution in [2.45, 2.75) is 6.54 Å². The van der Waals surface area contributed by atoms with E-state index in [1.165, 1.54) is 7.11 Å². The molecule has 0 fully saturated rings. The van der Waals surface area contributed by atoms with Crippen LogP contribution in [0.3, 0.4) is 0 Å². The van der Waals surface area contributed by atoms with Crippen LogP contribution in [0.15, 0.2) is 28.9 Å². The molecule has 1 aromatic heterocycles. The van der Waals surface area contributed by atoms with Gasteiger partial charge in [0.1, 0.15) is 13.1 Å². The quantitative estimate of drug-likeness (QED) is 0.854. The number of methoxy groups -OCH3 is 1. The highest BCUT2D eigenvalue weighted by atomic mass is 79.9. The molecule has 0 aliphatic rings. The van der Waals surface area contributed by atoms with Crippen LogP contribution in [-0.4, -0.2) is 35.3 Å². The van der Waals surface area contributed by atoms with Crippen LogP contribution in [0.1, 0.15) is 0 Å². The van der Waals surface area contributed by atoms with Gasteiger partial charge in [0.25, 0.3) is 0 Å². The molecule has 0 saturated heterocycles. The fourth-order valence-electron chi connectivity index (χ4n) is 1.60. The van der Waals surface area contributed by atoms with Crippen molar-refractivity contribution < 1.29 is 14.3 Å². The second-order valence-corrected chi connectivity index (χ2v) is 4.77. The third kappa shape index (κ3) is 3.31. The van der Waals surface area contributed by atoms with Gasteiger partial charge in [0.15, 0.2) is 0 Å². The van der Waals surface area contributed by atoms with Crippen LogP contribution in [0.2, 0.25) is 0 Å². The highest BCUT2D eigenvalue weighted by Gasteiger charge is 2.09. The summed E-state index contributed by atoms with van der Waals surface area (Å²) in [5, 5.41) is 7.56. The molecule has 7 heteroatoms. The number of nitrogens with zero attached hydrogens (tertiary/aromatic N) is 2. The molecule has 2 aromatic rings. The summed E-state index contributed by atoms with van der Waals surface area (Å²) in [6, 6.07) is 5.71. The summed E-state index contributed by atoms with van der Waals surface area (Å²) >= 11 is 3.37. The number of nitrogens with one attached hydrogen (secondary N) is 1. The summed E-state index contributed by atoms with van der Waals surface area (Å²) in [7, 11) is 1.27. The van der Waals surface area contributed by atoms with E-state index in [-0.39, 0.29) is 19.0 Å². The van der Waals surface area contributed by atoms with E-state index in [1.54, 1.807) is 10.9 Å². The Kier molecular flexibility index (Phi) is 4.16. The van der Waals surface area contributed by atoms with Crippen molar-refractivity contribution in [3.8, 4) is 0 Å². The van der Waals surface area contributed by atoms with E-state index in [4.69, 9.17) is 0 Å². The van der Waals surface area contributed by atoms with Crippen molar-refractivity contribution in [2.75, 3.05) is 13.7 Å². The Balaban J connectivity index is 2.07. The Morgan fingerprint density at radius 3 is 3.00 bits per heavy atom. The van der Waals surface area contributed by atoms with Gasteiger partial charge in [-0.2, -0.15) is 5.10 Å². The normalized spacial score (nSPS) is 10.4. The van der Waals surface area contributed by atoms with Crippen LogP contribution in [-0.2, 0) is 20.9 Å². The Morgan fingerprint density at radius 2 is 2.26 bits per heavy atom. The number of benzene rings is 1. The van der Waals surface area contributed by atoms with Gasteiger partial charge in [-0.05, 0) is 12.1 Å². The molecule has 19 heavy (non-hydrogen) atoms. The number of amides is 1. The number of ether oxygens (including phenoxy) is 1. The van der Waals surface area contributed by atoms with E-state index in [2.05, 4.69) is 31.1 Å². The van der Waals surface area contributed by atoms with Gasteiger partial charge in [-0.15, -0.1) is 0 Å². The van der Waals surface area contributed by atoms with Crippen LogP contribution in [0, 0.1) is 0 Å². The minimum atomic E-state index is -0.485. The second-order valence-electron chi connectivity index (χ2n) is 3.86. The number of hydrogen-bond acceptors (Lipinski definition) is 4. The lowest BCUT2D eigenvalue weighted by Crippen LogP contribution is -2.33. The lowest BCUT2D eigenvalue weighted by Gasteiger charge is -2.05. The fourth-order valence-corrected chi connectivity index (χ4v) is 1.95. The minimum absolute atomic E-state index is 0.0525. The number of carbonyl (C=O) groups excluding carboxylic acids is 2. The largest absolute Gasteiger partial charge is 0.468 e. The molecule has 0 aliphatic carbocycles. The average molecular weight is 326 g/mol. The predicted molar refractivity (Wildman–Crippen MR) is 72.5 cm³/mol. The average Bonchev–Trinajstić information content (AvgIpc) is 2.78. The Hall–Kier alpha value is -1.89. The van der Waals surface area contributed by atoms with E-state index in [1.807, 2.05) is 18.2 Å². The van der Waals surface area contributed by atoms with Crippen LogP contribution in [0.25, 0.3) is 10.9 Å². The molecule has 1 N–H and O–H groups in total. The van der Waals surface area contributed by atoms with Gasteiger partial charge in [-0.3, -0.25) is 14.3 Å². The zero-order valence-electron chi connectivity index (χ0n) is 10.2. The first-order chi connectivity index (χ1) is 9.10. The van der Waals surface area contributed by atoms with Crippen LogP contribution in [0.5, 0.6) is 0 Å². The molecule has 0 atom stereocenters. The van der Waals surface area contributed by atoms with Gasteiger partial charge in [0.2, 0.25) is 5.91 Å². The molecule has 0 unspecified atom stereocenters. The van der Waals surface area contributed by atoms with Gasteiger partial charge in [-0.25, -0.2) is 0 Å². The Labute approximate surface area is 117 Å².